The molecule has 7 heteroatoms. The van der Waals surface area contributed by atoms with Crippen LogP contribution in [-0.2, 0) is 22.6 Å². The Morgan fingerprint density at radius 1 is 1.27 bits per heavy atom. The molecular formula is C19H21N3O3S. The fourth-order valence-electron chi connectivity index (χ4n) is 3.09. The van der Waals surface area contributed by atoms with E-state index in [1.807, 2.05) is 30.3 Å². The van der Waals surface area contributed by atoms with Gasteiger partial charge in [0.25, 0.3) is 5.91 Å². The molecule has 6 nitrogen and oxygen atoms in total. The number of hydrogen-bond donors (Lipinski definition) is 1. The van der Waals surface area contributed by atoms with Crippen molar-refractivity contribution in [3.63, 3.8) is 0 Å². The van der Waals surface area contributed by atoms with Crippen LogP contribution in [0.2, 0.25) is 0 Å². The quantitative estimate of drug-likeness (QED) is 0.877. The highest BCUT2D eigenvalue weighted by Gasteiger charge is 2.28. The number of carbonyl (C=O) groups excluding carboxylic acids is 2. The maximum absolute atomic E-state index is 12.4. The van der Waals surface area contributed by atoms with Crippen LogP contribution < -0.4 is 10.1 Å². The Balaban J connectivity index is 1.33. The molecule has 0 unspecified atom stereocenters. The zero-order chi connectivity index (χ0) is 17.9. The van der Waals surface area contributed by atoms with Gasteiger partial charge in [-0.25, -0.2) is 4.98 Å². The van der Waals surface area contributed by atoms with E-state index in [-0.39, 0.29) is 24.3 Å². The van der Waals surface area contributed by atoms with E-state index in [1.165, 1.54) is 11.3 Å². The first-order chi connectivity index (χ1) is 12.7. The Labute approximate surface area is 156 Å². The van der Waals surface area contributed by atoms with Crippen LogP contribution in [-0.4, -0.2) is 34.8 Å². The summed E-state index contributed by atoms with van der Waals surface area (Å²) in [6, 6.07) is 9.34. The van der Waals surface area contributed by atoms with Gasteiger partial charge in [0, 0.05) is 23.8 Å². The van der Waals surface area contributed by atoms with Crippen LogP contribution in [0.15, 0.2) is 30.3 Å². The first-order valence-corrected chi connectivity index (χ1v) is 9.76. The molecule has 0 atom stereocenters. The summed E-state index contributed by atoms with van der Waals surface area (Å²) in [4.78, 5) is 31.9. The molecule has 1 aromatic heterocycles. The Morgan fingerprint density at radius 3 is 2.81 bits per heavy atom. The number of ether oxygens (including phenoxy) is 1. The van der Waals surface area contributed by atoms with Crippen molar-refractivity contribution in [3.05, 3.63) is 40.9 Å². The molecule has 1 aliphatic heterocycles. The van der Waals surface area contributed by atoms with Gasteiger partial charge < -0.3 is 15.0 Å². The van der Waals surface area contributed by atoms with Gasteiger partial charge >= 0.3 is 0 Å². The number of nitrogens with one attached hydrogen (secondary N) is 1. The number of benzene rings is 1. The molecular weight excluding hydrogens is 350 g/mol. The Bertz CT molecular complexity index is 802. The molecule has 0 radical (unpaired) electrons. The Hall–Kier alpha value is -2.41. The van der Waals surface area contributed by atoms with E-state index >= 15 is 0 Å². The summed E-state index contributed by atoms with van der Waals surface area (Å²) >= 11 is 1.47. The molecule has 2 aliphatic rings. The predicted molar refractivity (Wildman–Crippen MR) is 99.1 cm³/mol. The number of rotatable bonds is 5. The lowest BCUT2D eigenvalue weighted by atomic mass is 9.85. The predicted octanol–water partition coefficient (Wildman–Crippen LogP) is 2.85. The van der Waals surface area contributed by atoms with Crippen LogP contribution >= 0.6 is 11.3 Å². The van der Waals surface area contributed by atoms with Crippen LogP contribution in [0.1, 0.15) is 29.8 Å². The molecule has 0 spiro atoms. The maximum Gasteiger partial charge on any atom is 0.260 e. The van der Waals surface area contributed by atoms with E-state index in [2.05, 4.69) is 10.3 Å². The summed E-state index contributed by atoms with van der Waals surface area (Å²) in [6.07, 6.45) is 3.79. The van der Waals surface area contributed by atoms with Crippen molar-refractivity contribution in [3.8, 4) is 5.75 Å². The number of para-hydroxylation sites is 1. The summed E-state index contributed by atoms with van der Waals surface area (Å²) in [5.41, 5.74) is 0.993. The number of nitrogens with zero attached hydrogens (tertiary/aromatic N) is 2. The Morgan fingerprint density at radius 2 is 2.08 bits per heavy atom. The standard InChI is InChI=1S/C19H21N3O3S/c23-17(12-25-14-7-2-1-3-8-14)22-10-9-15-16(11-22)26-19(20-15)21-18(24)13-5-4-6-13/h1-3,7-8,13H,4-6,9-12H2,(H,20,21,24). The molecule has 26 heavy (non-hydrogen) atoms. The van der Waals surface area contributed by atoms with Gasteiger partial charge in [-0.3, -0.25) is 9.59 Å². The van der Waals surface area contributed by atoms with Crippen LogP contribution in [0.5, 0.6) is 5.75 Å². The third-order valence-corrected chi connectivity index (χ3v) is 5.89. The Kier molecular flexibility index (Phi) is 4.88. The lowest BCUT2D eigenvalue weighted by Crippen LogP contribution is -2.38. The van der Waals surface area contributed by atoms with Gasteiger partial charge in [-0.05, 0) is 25.0 Å². The maximum atomic E-state index is 12.4. The average molecular weight is 371 g/mol. The molecule has 1 fully saturated rings. The fourth-order valence-corrected chi connectivity index (χ4v) is 4.12. The SMILES string of the molecule is O=C(Nc1nc2c(s1)CN(C(=O)COc1ccccc1)CC2)C1CCC1. The molecule has 2 aromatic rings. The number of anilines is 1. The summed E-state index contributed by atoms with van der Waals surface area (Å²) in [5, 5.41) is 3.59. The highest BCUT2D eigenvalue weighted by Crippen LogP contribution is 2.31. The molecule has 1 saturated carbocycles. The highest BCUT2D eigenvalue weighted by molar-refractivity contribution is 7.15. The monoisotopic (exact) mass is 371 g/mol. The number of carbonyl (C=O) groups is 2. The van der Waals surface area contributed by atoms with Gasteiger partial charge in [-0.2, -0.15) is 0 Å². The molecule has 1 aliphatic carbocycles. The van der Waals surface area contributed by atoms with Gasteiger partial charge in [0.1, 0.15) is 5.75 Å². The summed E-state index contributed by atoms with van der Waals surface area (Å²) < 4.78 is 5.55. The molecule has 1 aromatic carbocycles. The second-order valence-corrected chi connectivity index (χ2v) is 7.76. The topological polar surface area (TPSA) is 71.5 Å². The van der Waals surface area contributed by atoms with Gasteiger partial charge in [-0.15, -0.1) is 0 Å². The smallest absolute Gasteiger partial charge is 0.260 e. The second kappa shape index (κ2) is 7.45. The molecule has 0 saturated heterocycles. The minimum atomic E-state index is -0.0343. The number of thiazole rings is 1. The van der Waals surface area contributed by atoms with Gasteiger partial charge in [0.05, 0.1) is 12.2 Å². The molecule has 2 heterocycles. The van der Waals surface area contributed by atoms with E-state index in [4.69, 9.17) is 4.74 Å². The highest BCUT2D eigenvalue weighted by atomic mass is 32.1. The number of aromatic nitrogens is 1. The van der Waals surface area contributed by atoms with Crippen molar-refractivity contribution >= 4 is 28.3 Å². The summed E-state index contributed by atoms with van der Waals surface area (Å²) in [6.45, 7) is 1.19. The van der Waals surface area contributed by atoms with Crippen molar-refractivity contribution in [2.45, 2.75) is 32.2 Å². The van der Waals surface area contributed by atoms with Gasteiger partial charge in [0.15, 0.2) is 11.7 Å². The number of hydrogen-bond acceptors (Lipinski definition) is 5. The molecule has 136 valence electrons. The first kappa shape index (κ1) is 17.0. The zero-order valence-electron chi connectivity index (χ0n) is 14.4. The summed E-state index contributed by atoms with van der Waals surface area (Å²) in [7, 11) is 0. The lowest BCUT2D eigenvalue weighted by molar-refractivity contribution is -0.134. The van der Waals surface area contributed by atoms with Gasteiger partial charge in [0.2, 0.25) is 5.91 Å². The zero-order valence-corrected chi connectivity index (χ0v) is 15.3. The average Bonchev–Trinajstić information content (AvgIpc) is 3.00. The van der Waals surface area contributed by atoms with Crippen molar-refractivity contribution in [1.82, 2.24) is 9.88 Å². The lowest BCUT2D eigenvalue weighted by Gasteiger charge is -2.26. The third-order valence-electron chi connectivity index (χ3n) is 4.90. The van der Waals surface area contributed by atoms with Crippen LogP contribution in [0.3, 0.4) is 0 Å². The molecule has 1 N–H and O–H groups in total. The number of amides is 2. The van der Waals surface area contributed by atoms with E-state index in [9.17, 15) is 9.59 Å². The summed E-state index contributed by atoms with van der Waals surface area (Å²) in [5.74, 6) is 0.876. The van der Waals surface area contributed by atoms with Crippen LogP contribution in [0.25, 0.3) is 0 Å². The molecule has 4 rings (SSSR count). The van der Waals surface area contributed by atoms with Crippen molar-refractivity contribution in [2.75, 3.05) is 18.5 Å². The van der Waals surface area contributed by atoms with Crippen LogP contribution in [0, 0.1) is 5.92 Å². The normalized spacial score (nSPS) is 16.5. The van der Waals surface area contributed by atoms with Crippen molar-refractivity contribution < 1.29 is 14.3 Å². The van der Waals surface area contributed by atoms with Crippen LogP contribution in [0.4, 0.5) is 5.13 Å². The molecule has 2 amide bonds. The van der Waals surface area contributed by atoms with E-state index in [1.54, 1.807) is 4.90 Å². The molecule has 0 bridgehead atoms. The van der Waals surface area contributed by atoms with Crippen molar-refractivity contribution in [1.29, 1.82) is 0 Å². The van der Waals surface area contributed by atoms with Crippen molar-refractivity contribution in [2.24, 2.45) is 5.92 Å². The van der Waals surface area contributed by atoms with E-state index in [0.717, 1.165) is 29.8 Å². The van der Waals surface area contributed by atoms with Gasteiger partial charge in [-0.1, -0.05) is 36.0 Å². The minimum Gasteiger partial charge on any atom is -0.484 e. The number of fused-ring (bicyclic) bond motifs is 1. The second-order valence-electron chi connectivity index (χ2n) is 6.67. The fraction of sp³-hybridized carbons (Fsp3) is 0.421. The first-order valence-electron chi connectivity index (χ1n) is 8.94. The third kappa shape index (κ3) is 3.72. The largest absolute Gasteiger partial charge is 0.484 e. The minimum absolute atomic E-state index is 0.0312. The van der Waals surface area contributed by atoms with E-state index < -0.39 is 0 Å². The van der Waals surface area contributed by atoms with E-state index in [0.29, 0.717) is 30.4 Å².